The van der Waals surface area contributed by atoms with Gasteiger partial charge in [0.05, 0.1) is 18.2 Å². The number of nitrogen functional groups attached to an aromatic ring is 1. The molecule has 2 aromatic carbocycles. The van der Waals surface area contributed by atoms with Crippen molar-refractivity contribution in [3.05, 3.63) is 53.3 Å². The van der Waals surface area contributed by atoms with E-state index in [4.69, 9.17) is 26.8 Å². The zero-order valence-electron chi connectivity index (χ0n) is 10.8. The Bertz CT molecular complexity index is 560. The molecule has 0 aromatic heterocycles. The van der Waals surface area contributed by atoms with Crippen molar-refractivity contribution in [1.82, 2.24) is 0 Å². The topological polar surface area (TPSA) is 44.5 Å². The van der Waals surface area contributed by atoms with Gasteiger partial charge in [0, 0.05) is 18.2 Å². The van der Waals surface area contributed by atoms with E-state index in [0.717, 1.165) is 5.75 Å². The van der Waals surface area contributed by atoms with Crippen molar-refractivity contribution >= 4 is 17.3 Å². The van der Waals surface area contributed by atoms with Crippen molar-refractivity contribution in [2.75, 3.05) is 18.9 Å². The van der Waals surface area contributed by atoms with Gasteiger partial charge in [-0.25, -0.2) is 4.39 Å². The highest BCUT2D eigenvalue weighted by atomic mass is 35.5. The van der Waals surface area contributed by atoms with Crippen LogP contribution in [0.4, 0.5) is 10.1 Å². The minimum absolute atomic E-state index is 0.0871. The predicted octanol–water partition coefficient (Wildman–Crippen LogP) is 3.91. The number of rotatable bonds is 6. The fraction of sp³-hybridized carbons (Fsp3) is 0.200. The second-order valence-corrected chi connectivity index (χ2v) is 4.60. The minimum Gasteiger partial charge on any atom is -0.493 e. The standard InChI is InChI=1S/C15H15ClFNO2/c16-14-7-6-13(10-15(14)17)20-9-1-8-19-12-4-2-11(18)3-5-12/h2-7,10H,1,8-9,18H2. The van der Waals surface area contributed by atoms with Gasteiger partial charge in [0.2, 0.25) is 0 Å². The lowest BCUT2D eigenvalue weighted by atomic mass is 10.3. The molecular formula is C15H15ClFNO2. The first-order valence-corrected chi connectivity index (χ1v) is 6.59. The van der Waals surface area contributed by atoms with Gasteiger partial charge in [-0.05, 0) is 36.4 Å². The summed E-state index contributed by atoms with van der Waals surface area (Å²) < 4.78 is 24.1. The summed E-state index contributed by atoms with van der Waals surface area (Å²) in [7, 11) is 0. The van der Waals surface area contributed by atoms with Gasteiger partial charge in [-0.3, -0.25) is 0 Å². The van der Waals surface area contributed by atoms with Crippen molar-refractivity contribution in [1.29, 1.82) is 0 Å². The van der Waals surface area contributed by atoms with Crippen LogP contribution in [0.25, 0.3) is 0 Å². The molecular weight excluding hydrogens is 281 g/mol. The van der Waals surface area contributed by atoms with Crippen molar-refractivity contribution in [3.63, 3.8) is 0 Å². The lowest BCUT2D eigenvalue weighted by Gasteiger charge is -2.08. The van der Waals surface area contributed by atoms with Gasteiger partial charge in [0.25, 0.3) is 0 Å². The third-order valence-corrected chi connectivity index (χ3v) is 2.90. The molecule has 0 aliphatic carbocycles. The Balaban J connectivity index is 1.68. The predicted molar refractivity (Wildman–Crippen MR) is 77.9 cm³/mol. The van der Waals surface area contributed by atoms with Gasteiger partial charge in [0.15, 0.2) is 0 Å². The number of hydrogen-bond acceptors (Lipinski definition) is 3. The molecule has 106 valence electrons. The van der Waals surface area contributed by atoms with Gasteiger partial charge < -0.3 is 15.2 Å². The Hall–Kier alpha value is -1.94. The first kappa shape index (κ1) is 14.5. The summed E-state index contributed by atoms with van der Waals surface area (Å²) in [6.07, 6.45) is 0.689. The Morgan fingerprint density at radius 3 is 2.20 bits per heavy atom. The van der Waals surface area contributed by atoms with Crippen molar-refractivity contribution in [2.24, 2.45) is 0 Å². The summed E-state index contributed by atoms with van der Waals surface area (Å²) in [6, 6.07) is 11.5. The summed E-state index contributed by atoms with van der Waals surface area (Å²) in [5.41, 5.74) is 6.27. The zero-order valence-corrected chi connectivity index (χ0v) is 11.6. The number of halogens is 2. The second kappa shape index (κ2) is 7.01. The van der Waals surface area contributed by atoms with E-state index in [1.807, 2.05) is 12.1 Å². The monoisotopic (exact) mass is 295 g/mol. The van der Waals surface area contributed by atoms with E-state index in [1.54, 1.807) is 18.2 Å². The molecule has 2 aromatic rings. The largest absolute Gasteiger partial charge is 0.493 e. The van der Waals surface area contributed by atoms with E-state index >= 15 is 0 Å². The SMILES string of the molecule is Nc1ccc(OCCCOc2ccc(Cl)c(F)c2)cc1. The van der Waals surface area contributed by atoms with E-state index in [2.05, 4.69) is 0 Å². The van der Waals surface area contributed by atoms with Crippen LogP contribution in [0.1, 0.15) is 6.42 Å². The maximum absolute atomic E-state index is 13.2. The first-order valence-electron chi connectivity index (χ1n) is 6.21. The molecule has 2 rings (SSSR count). The summed E-state index contributed by atoms with van der Waals surface area (Å²) >= 11 is 5.58. The van der Waals surface area contributed by atoms with E-state index in [9.17, 15) is 4.39 Å². The molecule has 0 saturated heterocycles. The molecule has 0 aliphatic rings. The van der Waals surface area contributed by atoms with Crippen LogP contribution in [-0.2, 0) is 0 Å². The van der Waals surface area contributed by atoms with E-state index in [1.165, 1.54) is 12.1 Å². The smallest absolute Gasteiger partial charge is 0.145 e. The van der Waals surface area contributed by atoms with Crippen molar-refractivity contribution in [2.45, 2.75) is 6.42 Å². The third kappa shape index (κ3) is 4.31. The maximum Gasteiger partial charge on any atom is 0.145 e. The molecule has 0 spiro atoms. The normalized spacial score (nSPS) is 10.3. The molecule has 0 heterocycles. The highest BCUT2D eigenvalue weighted by Crippen LogP contribution is 2.20. The molecule has 0 bridgehead atoms. The molecule has 0 radical (unpaired) electrons. The van der Waals surface area contributed by atoms with Gasteiger partial charge in [-0.15, -0.1) is 0 Å². The fourth-order valence-electron chi connectivity index (χ4n) is 1.57. The Morgan fingerprint density at radius 2 is 1.55 bits per heavy atom. The molecule has 0 unspecified atom stereocenters. The number of hydrogen-bond donors (Lipinski definition) is 1. The Labute approximate surface area is 122 Å². The van der Waals surface area contributed by atoms with Crippen LogP contribution < -0.4 is 15.2 Å². The fourth-order valence-corrected chi connectivity index (χ4v) is 1.69. The van der Waals surface area contributed by atoms with Gasteiger partial charge in [0.1, 0.15) is 17.3 Å². The van der Waals surface area contributed by atoms with Crippen LogP contribution in [0.5, 0.6) is 11.5 Å². The summed E-state index contributed by atoms with van der Waals surface area (Å²) in [5, 5.41) is 0.0871. The third-order valence-electron chi connectivity index (χ3n) is 2.60. The number of nitrogens with two attached hydrogens (primary N) is 1. The minimum atomic E-state index is -0.484. The van der Waals surface area contributed by atoms with Crippen molar-refractivity contribution in [3.8, 4) is 11.5 Å². The lowest BCUT2D eigenvalue weighted by molar-refractivity contribution is 0.247. The zero-order chi connectivity index (χ0) is 14.4. The highest BCUT2D eigenvalue weighted by molar-refractivity contribution is 6.30. The Morgan fingerprint density at radius 1 is 0.950 bits per heavy atom. The van der Waals surface area contributed by atoms with Crippen LogP contribution >= 0.6 is 11.6 Å². The van der Waals surface area contributed by atoms with Crippen molar-refractivity contribution < 1.29 is 13.9 Å². The molecule has 5 heteroatoms. The maximum atomic E-state index is 13.2. The van der Waals surface area contributed by atoms with E-state index in [-0.39, 0.29) is 5.02 Å². The van der Waals surface area contributed by atoms with Crippen LogP contribution in [0.2, 0.25) is 5.02 Å². The average Bonchev–Trinajstić information content (AvgIpc) is 2.44. The van der Waals surface area contributed by atoms with Gasteiger partial charge in [-0.2, -0.15) is 0 Å². The second-order valence-electron chi connectivity index (χ2n) is 4.20. The molecule has 0 atom stereocenters. The Kier molecular flexibility index (Phi) is 5.07. The van der Waals surface area contributed by atoms with Crippen LogP contribution in [0.3, 0.4) is 0 Å². The van der Waals surface area contributed by atoms with Crippen LogP contribution in [-0.4, -0.2) is 13.2 Å². The van der Waals surface area contributed by atoms with Crippen LogP contribution in [0, 0.1) is 5.82 Å². The number of benzene rings is 2. The highest BCUT2D eigenvalue weighted by Gasteiger charge is 2.01. The average molecular weight is 296 g/mol. The van der Waals surface area contributed by atoms with Crippen LogP contribution in [0.15, 0.2) is 42.5 Å². The quantitative estimate of drug-likeness (QED) is 0.649. The summed E-state index contributed by atoms with van der Waals surface area (Å²) in [5.74, 6) is 0.735. The first-order chi connectivity index (χ1) is 9.65. The van der Waals surface area contributed by atoms with E-state index < -0.39 is 5.82 Å². The van der Waals surface area contributed by atoms with E-state index in [0.29, 0.717) is 31.1 Å². The van der Waals surface area contributed by atoms with Gasteiger partial charge in [-0.1, -0.05) is 11.6 Å². The molecule has 20 heavy (non-hydrogen) atoms. The molecule has 0 amide bonds. The molecule has 0 saturated carbocycles. The molecule has 0 aliphatic heterocycles. The molecule has 0 fully saturated rings. The number of ether oxygens (including phenoxy) is 2. The molecule has 2 N–H and O–H groups in total. The van der Waals surface area contributed by atoms with Gasteiger partial charge >= 0.3 is 0 Å². The summed E-state index contributed by atoms with van der Waals surface area (Å²) in [4.78, 5) is 0. The lowest BCUT2D eigenvalue weighted by Crippen LogP contribution is -2.05. The summed E-state index contributed by atoms with van der Waals surface area (Å²) in [6.45, 7) is 0.954. The molecule has 3 nitrogen and oxygen atoms in total. The number of anilines is 1.